The number of hydrogen-bond acceptors (Lipinski definition) is 8. The number of allylic oxidation sites excluding steroid dienone is 4. The monoisotopic (exact) mass is 1080 g/mol. The van der Waals surface area contributed by atoms with E-state index in [0.717, 1.165) is 38.5 Å². The molecule has 0 aromatic heterocycles. The number of esters is 2. The lowest BCUT2D eigenvalue weighted by Gasteiger charge is -2.20. The molecule has 2 N–H and O–H groups in total. The van der Waals surface area contributed by atoms with Crippen LogP contribution in [0.4, 0.5) is 0 Å². The summed E-state index contributed by atoms with van der Waals surface area (Å²) in [6, 6.07) is 0. The van der Waals surface area contributed by atoms with E-state index in [1.54, 1.807) is 0 Å². The maximum Gasteiger partial charge on any atom is 0.472 e. The fraction of sp³-hybridized carbons (Fsp3) is 0.873. The number of alkyl halides is 1. The summed E-state index contributed by atoms with van der Waals surface area (Å²) in [5.41, 5.74) is 0. The Morgan fingerprint density at radius 3 is 1.21 bits per heavy atom. The molecule has 1 amide bonds. The van der Waals surface area contributed by atoms with E-state index < -0.39 is 32.5 Å². The lowest BCUT2D eigenvalue weighted by Crippen LogP contribution is -2.30. The summed E-state index contributed by atoms with van der Waals surface area (Å²) in [6.45, 7) is 3.60. The number of rotatable bonds is 53. The Kier molecular flexibility index (Phi) is 51.6. The summed E-state index contributed by atoms with van der Waals surface area (Å²) < 4.78 is 33.8. The number of hydrogen-bond donors (Lipinski definition) is 2. The number of carbonyl (C=O) groups is 3. The molecule has 0 aliphatic carbocycles. The number of amides is 1. The second kappa shape index (κ2) is 52.6. The van der Waals surface area contributed by atoms with Crippen molar-refractivity contribution in [2.45, 2.75) is 277 Å². The first-order chi connectivity index (χ1) is 32.7. The standard InChI is InChI=1S/C55H103INO9P/c1-3-5-7-9-11-13-15-17-19-21-23-25-27-29-31-33-35-37-39-41-43-45-54(59)63-50-52(51-65-67(61,62)64-48-47-57-53(58)49-56)66-55(60)46-44-42-40-38-36-34-32-30-28-26-24-22-20-18-16-14-12-10-8-6-4-2/h17-20,52H,3-16,21-51H2,1-2H3,(H,57,58)(H,61,62)/t52-/m1/s1. The molecule has 67 heavy (non-hydrogen) atoms. The van der Waals surface area contributed by atoms with Crippen molar-refractivity contribution < 1.29 is 42.4 Å². The lowest BCUT2D eigenvalue weighted by molar-refractivity contribution is -0.161. The zero-order valence-corrected chi connectivity index (χ0v) is 46.3. The molecule has 0 spiro atoms. The molecule has 0 aliphatic heterocycles. The molecule has 0 heterocycles. The zero-order chi connectivity index (χ0) is 49.0. The lowest BCUT2D eigenvalue weighted by atomic mass is 10.0. The van der Waals surface area contributed by atoms with Gasteiger partial charge in [0.1, 0.15) is 6.61 Å². The molecule has 0 aromatic carbocycles. The van der Waals surface area contributed by atoms with Gasteiger partial charge in [-0.1, -0.05) is 241 Å². The summed E-state index contributed by atoms with van der Waals surface area (Å²) in [4.78, 5) is 47.0. The van der Waals surface area contributed by atoms with Crippen molar-refractivity contribution in [1.29, 1.82) is 0 Å². The molecule has 1 unspecified atom stereocenters. The number of carbonyl (C=O) groups excluding carboxylic acids is 3. The minimum atomic E-state index is -4.51. The summed E-state index contributed by atoms with van der Waals surface area (Å²) in [7, 11) is -4.51. The summed E-state index contributed by atoms with van der Waals surface area (Å²) in [5.74, 6) is -1.08. The molecule has 0 rings (SSSR count). The van der Waals surface area contributed by atoms with Gasteiger partial charge in [0, 0.05) is 19.4 Å². The topological polar surface area (TPSA) is 137 Å². The Labute approximate surface area is 425 Å². The van der Waals surface area contributed by atoms with Crippen LogP contribution >= 0.6 is 30.4 Å². The molecule has 0 bridgehead atoms. The Morgan fingerprint density at radius 1 is 0.493 bits per heavy atom. The predicted octanol–water partition coefficient (Wildman–Crippen LogP) is 16.9. The van der Waals surface area contributed by atoms with E-state index in [4.69, 9.17) is 18.5 Å². The Hall–Kier alpha value is -1.27. The largest absolute Gasteiger partial charge is 0.472 e. The van der Waals surface area contributed by atoms with E-state index in [-0.39, 0.29) is 42.9 Å². The maximum atomic E-state index is 12.8. The molecule has 12 heteroatoms. The van der Waals surface area contributed by atoms with Crippen molar-refractivity contribution in [2.75, 3.05) is 30.8 Å². The smallest absolute Gasteiger partial charge is 0.462 e. The number of nitrogens with one attached hydrogen (secondary N) is 1. The minimum absolute atomic E-state index is 0.0430. The van der Waals surface area contributed by atoms with Crippen LogP contribution in [0.3, 0.4) is 0 Å². The molecule has 0 radical (unpaired) electrons. The van der Waals surface area contributed by atoms with Gasteiger partial charge in [-0.15, -0.1) is 0 Å². The van der Waals surface area contributed by atoms with Gasteiger partial charge >= 0.3 is 19.8 Å². The van der Waals surface area contributed by atoms with Crippen molar-refractivity contribution in [3.8, 4) is 0 Å². The van der Waals surface area contributed by atoms with Gasteiger partial charge in [0.25, 0.3) is 0 Å². The van der Waals surface area contributed by atoms with Crippen LogP contribution in [0, 0.1) is 0 Å². The minimum Gasteiger partial charge on any atom is -0.462 e. The number of unbranched alkanes of at least 4 members (excludes halogenated alkanes) is 34. The highest BCUT2D eigenvalue weighted by atomic mass is 127. The zero-order valence-electron chi connectivity index (χ0n) is 43.2. The highest BCUT2D eigenvalue weighted by Crippen LogP contribution is 2.43. The molecule has 394 valence electrons. The van der Waals surface area contributed by atoms with E-state index >= 15 is 0 Å². The van der Waals surface area contributed by atoms with Crippen LogP contribution in [0.1, 0.15) is 271 Å². The van der Waals surface area contributed by atoms with Gasteiger partial charge in [-0.3, -0.25) is 23.4 Å². The Bertz CT molecular complexity index is 1220. The average molecular weight is 1080 g/mol. The Morgan fingerprint density at radius 2 is 0.836 bits per heavy atom. The highest BCUT2D eigenvalue weighted by molar-refractivity contribution is 14.1. The number of halogens is 1. The maximum absolute atomic E-state index is 12.8. The van der Waals surface area contributed by atoms with Crippen LogP contribution in [0.2, 0.25) is 0 Å². The Balaban J connectivity index is 4.21. The van der Waals surface area contributed by atoms with Crippen LogP contribution in [0.25, 0.3) is 0 Å². The van der Waals surface area contributed by atoms with Crippen molar-refractivity contribution >= 4 is 48.3 Å². The number of ether oxygens (including phenoxy) is 2. The second-order valence-electron chi connectivity index (χ2n) is 18.8. The van der Waals surface area contributed by atoms with Gasteiger partial charge in [-0.05, 0) is 64.2 Å². The fourth-order valence-corrected chi connectivity index (χ4v) is 9.05. The van der Waals surface area contributed by atoms with Gasteiger partial charge in [0.2, 0.25) is 5.91 Å². The van der Waals surface area contributed by atoms with Gasteiger partial charge in [0.15, 0.2) is 6.10 Å². The van der Waals surface area contributed by atoms with E-state index in [9.17, 15) is 23.8 Å². The normalized spacial score (nSPS) is 13.1. The molecule has 0 aliphatic rings. The second-order valence-corrected chi connectivity index (χ2v) is 21.0. The van der Waals surface area contributed by atoms with Gasteiger partial charge in [0.05, 0.1) is 17.6 Å². The van der Waals surface area contributed by atoms with Crippen LogP contribution in [0.15, 0.2) is 24.3 Å². The van der Waals surface area contributed by atoms with E-state index in [1.807, 2.05) is 22.6 Å². The van der Waals surface area contributed by atoms with Gasteiger partial charge in [-0.25, -0.2) is 4.57 Å². The fourth-order valence-electron chi connectivity index (χ4n) is 8.03. The van der Waals surface area contributed by atoms with Crippen LogP contribution in [-0.4, -0.2) is 59.6 Å². The van der Waals surface area contributed by atoms with Crippen LogP contribution in [0.5, 0.6) is 0 Å². The van der Waals surface area contributed by atoms with E-state index in [2.05, 4.69) is 43.5 Å². The van der Waals surface area contributed by atoms with Crippen molar-refractivity contribution in [3.05, 3.63) is 24.3 Å². The first-order valence-corrected chi connectivity index (χ1v) is 30.9. The first kappa shape index (κ1) is 65.7. The van der Waals surface area contributed by atoms with Crippen molar-refractivity contribution in [3.63, 3.8) is 0 Å². The first-order valence-electron chi connectivity index (χ1n) is 27.8. The predicted molar refractivity (Wildman–Crippen MR) is 289 cm³/mol. The van der Waals surface area contributed by atoms with Crippen molar-refractivity contribution in [2.24, 2.45) is 0 Å². The third-order valence-electron chi connectivity index (χ3n) is 12.2. The molecule has 10 nitrogen and oxygen atoms in total. The van der Waals surface area contributed by atoms with Crippen molar-refractivity contribution in [1.82, 2.24) is 5.32 Å². The molecule has 0 saturated heterocycles. The third kappa shape index (κ3) is 52.4. The SMILES string of the molecule is CCCCCCCCC=CCCCCCCCCCCCCCC(=O)OC[C@H](COP(=O)(O)OCCNC(=O)CI)OC(=O)CCCCCCCCCCCCCC=CCCCCCCCC. The number of phosphoric acid groups is 1. The summed E-state index contributed by atoms with van der Waals surface area (Å²) in [6.07, 6.45) is 56.0. The highest BCUT2D eigenvalue weighted by Gasteiger charge is 2.26. The van der Waals surface area contributed by atoms with Crippen LogP contribution in [-0.2, 0) is 37.5 Å². The van der Waals surface area contributed by atoms with Crippen LogP contribution < -0.4 is 5.32 Å². The molecule has 0 aromatic rings. The third-order valence-corrected chi connectivity index (χ3v) is 13.9. The quantitative estimate of drug-likeness (QED) is 0.0152. The molecule has 2 atom stereocenters. The molecule has 0 fully saturated rings. The average Bonchev–Trinajstić information content (AvgIpc) is 3.32. The van der Waals surface area contributed by atoms with E-state index in [1.165, 1.54) is 199 Å². The summed E-state index contributed by atoms with van der Waals surface area (Å²) >= 11 is 1.92. The molecular weight excluding hydrogens is 976 g/mol. The molecular formula is C55H103INO9P. The summed E-state index contributed by atoms with van der Waals surface area (Å²) in [5, 5.41) is 2.55. The van der Waals surface area contributed by atoms with Gasteiger partial charge in [-0.2, -0.15) is 0 Å². The number of phosphoric ester groups is 1. The molecule has 0 saturated carbocycles. The van der Waals surface area contributed by atoms with E-state index in [0.29, 0.717) is 6.42 Å². The van der Waals surface area contributed by atoms with Gasteiger partial charge < -0.3 is 19.7 Å².